The molecule has 1 heteroatoms. The zero-order chi connectivity index (χ0) is 37.3. The molecule has 0 saturated heterocycles. The van der Waals surface area contributed by atoms with Crippen LogP contribution < -0.4 is 0 Å². The predicted octanol–water partition coefficient (Wildman–Crippen LogP) is 15.1. The van der Waals surface area contributed by atoms with E-state index in [1.54, 1.807) is 0 Å². The first kappa shape index (κ1) is 33.2. The van der Waals surface area contributed by atoms with Crippen molar-refractivity contribution in [2.24, 2.45) is 0 Å². The molecule has 0 fully saturated rings. The third-order valence-corrected chi connectivity index (χ3v) is 10.9. The third kappa shape index (κ3) is 6.06. The van der Waals surface area contributed by atoms with E-state index in [1.807, 2.05) is 0 Å². The molecule has 1 heterocycles. The number of nitrogens with zero attached hydrogens (tertiary/aromatic N) is 1. The second-order valence-corrected chi connectivity index (χ2v) is 14.2. The number of pyridine rings is 1. The Bertz CT molecular complexity index is 2930. The van der Waals surface area contributed by atoms with E-state index in [1.165, 1.54) is 66.1 Å². The molecule has 10 aromatic rings. The summed E-state index contributed by atoms with van der Waals surface area (Å²) in [6.07, 6.45) is 0. The van der Waals surface area contributed by atoms with Gasteiger partial charge in [-0.1, -0.05) is 206 Å². The van der Waals surface area contributed by atoms with Crippen molar-refractivity contribution in [2.75, 3.05) is 0 Å². The Morgan fingerprint density at radius 3 is 1.04 bits per heavy atom. The minimum Gasteiger partial charge on any atom is -0.248 e. The van der Waals surface area contributed by atoms with E-state index in [4.69, 9.17) is 4.98 Å². The molecule has 0 saturated carbocycles. The summed E-state index contributed by atoms with van der Waals surface area (Å²) >= 11 is 0. The molecule has 0 aliphatic carbocycles. The van der Waals surface area contributed by atoms with Crippen molar-refractivity contribution in [3.63, 3.8) is 0 Å². The van der Waals surface area contributed by atoms with Crippen LogP contribution in [-0.2, 0) is 0 Å². The number of hydrogen-bond donors (Lipinski definition) is 0. The first-order valence-corrected chi connectivity index (χ1v) is 19.2. The van der Waals surface area contributed by atoms with Crippen LogP contribution in [0.4, 0.5) is 0 Å². The number of hydrogen-bond acceptors (Lipinski definition) is 1. The lowest BCUT2D eigenvalue weighted by atomic mass is 9.81. The van der Waals surface area contributed by atoms with Crippen molar-refractivity contribution >= 4 is 21.5 Å². The van der Waals surface area contributed by atoms with Crippen LogP contribution in [0.25, 0.3) is 99.7 Å². The number of aromatic nitrogens is 1. The highest BCUT2D eigenvalue weighted by Gasteiger charge is 2.21. The van der Waals surface area contributed by atoms with Gasteiger partial charge in [0.15, 0.2) is 0 Å². The number of benzene rings is 9. The third-order valence-electron chi connectivity index (χ3n) is 10.9. The van der Waals surface area contributed by atoms with Crippen LogP contribution in [0.1, 0.15) is 0 Å². The van der Waals surface area contributed by atoms with E-state index in [0.717, 1.165) is 33.6 Å². The fourth-order valence-electron chi connectivity index (χ4n) is 8.29. The lowest BCUT2D eigenvalue weighted by Crippen LogP contribution is -1.95. The van der Waals surface area contributed by atoms with Crippen molar-refractivity contribution in [3.8, 4) is 78.1 Å². The molecular weight excluding hydrogens is 675 g/mol. The first-order valence-electron chi connectivity index (χ1n) is 19.2. The van der Waals surface area contributed by atoms with E-state index >= 15 is 0 Å². The minimum absolute atomic E-state index is 0.952. The quantitative estimate of drug-likeness (QED) is 0.150. The fourth-order valence-corrected chi connectivity index (χ4v) is 8.29. The topological polar surface area (TPSA) is 12.9 Å². The molecule has 0 N–H and O–H groups in total. The van der Waals surface area contributed by atoms with Crippen LogP contribution in [0.2, 0.25) is 0 Å². The summed E-state index contributed by atoms with van der Waals surface area (Å²) < 4.78 is 0. The Morgan fingerprint density at radius 2 is 0.571 bits per heavy atom. The van der Waals surface area contributed by atoms with Gasteiger partial charge in [0.25, 0.3) is 0 Å². The van der Waals surface area contributed by atoms with Crippen LogP contribution >= 0.6 is 0 Å². The van der Waals surface area contributed by atoms with Crippen LogP contribution in [0.3, 0.4) is 0 Å². The van der Waals surface area contributed by atoms with Crippen molar-refractivity contribution < 1.29 is 0 Å². The minimum atomic E-state index is 0.952. The average molecular weight is 712 g/mol. The van der Waals surface area contributed by atoms with Gasteiger partial charge in [-0.05, 0) is 95.4 Å². The summed E-state index contributed by atoms with van der Waals surface area (Å²) in [6, 6.07) is 80.8. The Labute approximate surface area is 327 Å². The average Bonchev–Trinajstić information content (AvgIpc) is 3.29. The van der Waals surface area contributed by atoms with E-state index in [9.17, 15) is 0 Å². The summed E-state index contributed by atoms with van der Waals surface area (Å²) in [5.41, 5.74) is 16.1. The molecule has 262 valence electrons. The second-order valence-electron chi connectivity index (χ2n) is 14.2. The van der Waals surface area contributed by atoms with Gasteiger partial charge < -0.3 is 0 Å². The summed E-state index contributed by atoms with van der Waals surface area (Å²) in [5, 5.41) is 4.88. The van der Waals surface area contributed by atoms with E-state index in [2.05, 4.69) is 224 Å². The largest absolute Gasteiger partial charge is 0.248 e. The molecule has 0 aliphatic heterocycles. The molecular formula is C55H37N. The maximum atomic E-state index is 5.21. The molecule has 0 unspecified atom stereocenters. The van der Waals surface area contributed by atoms with Crippen LogP contribution in [0, 0.1) is 0 Å². The summed E-state index contributed by atoms with van der Waals surface area (Å²) in [5.74, 6) is 0. The molecule has 10 rings (SSSR count). The van der Waals surface area contributed by atoms with Gasteiger partial charge in [-0.2, -0.15) is 0 Å². The van der Waals surface area contributed by atoms with Crippen LogP contribution in [0.15, 0.2) is 224 Å². The van der Waals surface area contributed by atoms with Gasteiger partial charge >= 0.3 is 0 Å². The molecule has 0 amide bonds. The first-order chi connectivity index (χ1) is 27.8. The van der Waals surface area contributed by atoms with Gasteiger partial charge in [0, 0.05) is 11.1 Å². The van der Waals surface area contributed by atoms with Gasteiger partial charge in [-0.3, -0.25) is 0 Å². The standard InChI is InChI=1S/C55H37N/c1-5-19-38(20-6-1)44-27-13-15-29-46(44)54-48-31-17-18-32-49(48)55(47-30-16-14-28-45(47)39-21-7-2-8-22-39)51-35-42(33-34-50(51)54)43-36-52(40-23-9-3-10-24-40)56-53(37-43)41-25-11-4-12-26-41/h1-37H. The second kappa shape index (κ2) is 14.5. The smallest absolute Gasteiger partial charge is 0.0715 e. The summed E-state index contributed by atoms with van der Waals surface area (Å²) in [4.78, 5) is 5.21. The normalized spacial score (nSPS) is 11.2. The van der Waals surface area contributed by atoms with Gasteiger partial charge in [-0.15, -0.1) is 0 Å². The molecule has 1 aromatic heterocycles. The Hall–Kier alpha value is -7.35. The number of rotatable bonds is 7. The monoisotopic (exact) mass is 711 g/mol. The Kier molecular flexibility index (Phi) is 8.59. The number of fused-ring (bicyclic) bond motifs is 2. The van der Waals surface area contributed by atoms with Gasteiger partial charge in [-0.25, -0.2) is 4.98 Å². The molecule has 0 spiro atoms. The van der Waals surface area contributed by atoms with Crippen molar-refractivity contribution in [1.82, 2.24) is 4.98 Å². The van der Waals surface area contributed by atoms with Crippen LogP contribution in [-0.4, -0.2) is 4.98 Å². The highest BCUT2D eigenvalue weighted by Crippen LogP contribution is 2.48. The molecule has 56 heavy (non-hydrogen) atoms. The van der Waals surface area contributed by atoms with Gasteiger partial charge in [0.1, 0.15) is 0 Å². The van der Waals surface area contributed by atoms with Crippen molar-refractivity contribution in [1.29, 1.82) is 0 Å². The van der Waals surface area contributed by atoms with E-state index in [-0.39, 0.29) is 0 Å². The van der Waals surface area contributed by atoms with Crippen molar-refractivity contribution in [3.05, 3.63) is 224 Å². The molecule has 0 bridgehead atoms. The maximum absolute atomic E-state index is 5.21. The van der Waals surface area contributed by atoms with E-state index < -0.39 is 0 Å². The zero-order valence-electron chi connectivity index (χ0n) is 30.8. The fraction of sp³-hybridized carbons (Fsp3) is 0. The van der Waals surface area contributed by atoms with Gasteiger partial charge in [0.05, 0.1) is 11.4 Å². The molecule has 1 nitrogen and oxygen atoms in total. The van der Waals surface area contributed by atoms with Gasteiger partial charge in [0.2, 0.25) is 0 Å². The Morgan fingerprint density at radius 1 is 0.214 bits per heavy atom. The highest BCUT2D eigenvalue weighted by molar-refractivity contribution is 6.24. The molecule has 0 atom stereocenters. The molecule has 0 aliphatic rings. The maximum Gasteiger partial charge on any atom is 0.0715 e. The zero-order valence-corrected chi connectivity index (χ0v) is 30.8. The summed E-state index contributed by atoms with van der Waals surface area (Å²) in [6.45, 7) is 0. The van der Waals surface area contributed by atoms with Crippen molar-refractivity contribution in [2.45, 2.75) is 0 Å². The van der Waals surface area contributed by atoms with E-state index in [0.29, 0.717) is 0 Å². The molecule has 9 aromatic carbocycles. The predicted molar refractivity (Wildman–Crippen MR) is 237 cm³/mol. The highest BCUT2D eigenvalue weighted by atomic mass is 14.7. The Balaban J connectivity index is 1.31. The van der Waals surface area contributed by atoms with Crippen LogP contribution in [0.5, 0.6) is 0 Å². The summed E-state index contributed by atoms with van der Waals surface area (Å²) in [7, 11) is 0. The molecule has 0 radical (unpaired) electrons. The lowest BCUT2D eigenvalue weighted by Gasteiger charge is -2.22. The lowest BCUT2D eigenvalue weighted by molar-refractivity contribution is 1.32. The SMILES string of the molecule is c1ccc(-c2cc(-c3ccc4c(-c5ccccc5-c5ccccc5)c5ccccc5c(-c5ccccc5-c5ccccc5)c4c3)cc(-c3ccccc3)n2)cc1.